The molecule has 128 valence electrons. The van der Waals surface area contributed by atoms with Crippen LogP contribution in [-0.4, -0.2) is 48.2 Å². The van der Waals surface area contributed by atoms with Gasteiger partial charge in [-0.25, -0.2) is 0 Å². The molecule has 0 unspecified atom stereocenters. The van der Waals surface area contributed by atoms with Crippen LogP contribution in [0.1, 0.15) is 40.0 Å². The molecule has 1 N–H and O–H groups in total. The molecule has 0 aliphatic carbocycles. The molecule has 1 amide bonds. The van der Waals surface area contributed by atoms with E-state index in [1.807, 2.05) is 35.2 Å². The molecule has 1 heterocycles. The quantitative estimate of drug-likeness (QED) is 0.877. The molecular formula is C19H30N2O2. The summed E-state index contributed by atoms with van der Waals surface area (Å²) in [6.07, 6.45) is 2.95. The monoisotopic (exact) mass is 318 g/mol. The van der Waals surface area contributed by atoms with E-state index in [1.165, 1.54) is 0 Å². The first-order chi connectivity index (χ1) is 11.0. The number of para-hydroxylation sites is 1. The average Bonchev–Trinajstić information content (AvgIpc) is 2.56. The highest BCUT2D eigenvalue weighted by Crippen LogP contribution is 2.34. The van der Waals surface area contributed by atoms with Crippen molar-refractivity contribution in [1.82, 2.24) is 4.90 Å². The molecule has 23 heavy (non-hydrogen) atoms. The van der Waals surface area contributed by atoms with Crippen LogP contribution < -0.4 is 4.90 Å². The minimum Gasteiger partial charge on any atom is -0.396 e. The summed E-state index contributed by atoms with van der Waals surface area (Å²) in [4.78, 5) is 16.9. The normalized spacial score (nSPS) is 18.1. The van der Waals surface area contributed by atoms with Gasteiger partial charge >= 0.3 is 0 Å². The van der Waals surface area contributed by atoms with Gasteiger partial charge in [0.15, 0.2) is 0 Å². The lowest BCUT2D eigenvalue weighted by molar-refractivity contribution is -0.120. The minimum absolute atomic E-state index is 0.0662. The molecular weight excluding hydrogens is 288 g/mol. The highest BCUT2D eigenvalue weighted by molar-refractivity contribution is 5.95. The van der Waals surface area contributed by atoms with Crippen LogP contribution in [0.25, 0.3) is 0 Å². The summed E-state index contributed by atoms with van der Waals surface area (Å²) in [5, 5.41) is 9.63. The van der Waals surface area contributed by atoms with Crippen LogP contribution in [0, 0.1) is 5.41 Å². The van der Waals surface area contributed by atoms with Crippen molar-refractivity contribution >= 4 is 11.6 Å². The van der Waals surface area contributed by atoms with Gasteiger partial charge in [-0.2, -0.15) is 0 Å². The summed E-state index contributed by atoms with van der Waals surface area (Å²) in [5.74, 6) is 0.152. The van der Waals surface area contributed by atoms with Gasteiger partial charge in [-0.3, -0.25) is 9.69 Å². The Morgan fingerprint density at radius 2 is 1.87 bits per heavy atom. The summed E-state index contributed by atoms with van der Waals surface area (Å²) in [5.41, 5.74) is 1.03. The third kappa shape index (κ3) is 4.33. The van der Waals surface area contributed by atoms with Crippen molar-refractivity contribution in [2.45, 2.75) is 46.1 Å². The average molecular weight is 318 g/mol. The van der Waals surface area contributed by atoms with Crippen molar-refractivity contribution in [2.75, 3.05) is 31.1 Å². The molecule has 0 bridgehead atoms. The topological polar surface area (TPSA) is 43.8 Å². The zero-order chi connectivity index (χ0) is 16.9. The van der Waals surface area contributed by atoms with Gasteiger partial charge in [0.05, 0.1) is 6.54 Å². The van der Waals surface area contributed by atoms with Crippen molar-refractivity contribution in [3.8, 4) is 0 Å². The summed E-state index contributed by atoms with van der Waals surface area (Å²) in [6.45, 7) is 8.74. The first kappa shape index (κ1) is 18.0. The SMILES string of the molecule is CCC1(CO)CCN(CC(=O)N(c2ccccc2)C(C)C)CC1. The number of aliphatic hydroxyl groups is 1. The maximum Gasteiger partial charge on any atom is 0.241 e. The van der Waals surface area contributed by atoms with Crippen LogP contribution in [-0.2, 0) is 4.79 Å². The number of benzene rings is 1. The first-order valence-corrected chi connectivity index (χ1v) is 8.71. The van der Waals surface area contributed by atoms with E-state index in [2.05, 4.69) is 25.7 Å². The zero-order valence-corrected chi connectivity index (χ0v) is 14.7. The number of nitrogens with zero attached hydrogens (tertiary/aromatic N) is 2. The van der Waals surface area contributed by atoms with Crippen LogP contribution in [0.15, 0.2) is 30.3 Å². The summed E-state index contributed by atoms with van der Waals surface area (Å²) >= 11 is 0. The summed E-state index contributed by atoms with van der Waals surface area (Å²) in [7, 11) is 0. The van der Waals surface area contributed by atoms with Gasteiger partial charge in [0.2, 0.25) is 5.91 Å². The van der Waals surface area contributed by atoms with Gasteiger partial charge in [-0.05, 0) is 63.7 Å². The molecule has 0 atom stereocenters. The number of amides is 1. The van der Waals surface area contributed by atoms with Crippen LogP contribution >= 0.6 is 0 Å². The molecule has 0 saturated carbocycles. The number of carbonyl (C=O) groups is 1. The van der Waals surface area contributed by atoms with Gasteiger partial charge in [-0.15, -0.1) is 0 Å². The lowest BCUT2D eigenvalue weighted by atomic mass is 9.77. The molecule has 1 aromatic carbocycles. The number of anilines is 1. The molecule has 1 aliphatic heterocycles. The van der Waals surface area contributed by atoms with Crippen molar-refractivity contribution in [2.24, 2.45) is 5.41 Å². The number of carbonyl (C=O) groups excluding carboxylic acids is 1. The van der Waals surface area contributed by atoms with Gasteiger partial charge in [-0.1, -0.05) is 25.1 Å². The number of piperidine rings is 1. The first-order valence-electron chi connectivity index (χ1n) is 8.71. The fraction of sp³-hybridized carbons (Fsp3) is 0.632. The predicted octanol–water partition coefficient (Wildman–Crippen LogP) is 2.91. The maximum atomic E-state index is 12.8. The molecule has 0 aromatic heterocycles. The number of rotatable bonds is 6. The van der Waals surface area contributed by atoms with Gasteiger partial charge in [0, 0.05) is 18.3 Å². The van der Waals surface area contributed by atoms with Crippen LogP contribution in [0.3, 0.4) is 0 Å². The zero-order valence-electron chi connectivity index (χ0n) is 14.7. The molecule has 4 heteroatoms. The minimum atomic E-state index is 0.0662. The highest BCUT2D eigenvalue weighted by atomic mass is 16.3. The Balaban J connectivity index is 1.98. The summed E-state index contributed by atoms with van der Waals surface area (Å²) in [6, 6.07) is 10.0. The fourth-order valence-corrected chi connectivity index (χ4v) is 3.40. The standard InChI is InChI=1S/C19H30N2O2/c1-4-19(15-22)10-12-20(13-11-19)14-18(23)21(16(2)3)17-8-6-5-7-9-17/h5-9,16,22H,4,10-15H2,1-3H3. The maximum absolute atomic E-state index is 12.8. The van der Waals surface area contributed by atoms with E-state index >= 15 is 0 Å². The van der Waals surface area contributed by atoms with Crippen LogP contribution in [0.5, 0.6) is 0 Å². The Hall–Kier alpha value is -1.39. The van der Waals surface area contributed by atoms with E-state index in [4.69, 9.17) is 0 Å². The Morgan fingerprint density at radius 1 is 1.26 bits per heavy atom. The second-order valence-electron chi connectivity index (χ2n) is 6.98. The van der Waals surface area contributed by atoms with Crippen LogP contribution in [0.2, 0.25) is 0 Å². The van der Waals surface area contributed by atoms with Crippen LogP contribution in [0.4, 0.5) is 5.69 Å². The molecule has 1 saturated heterocycles. The van der Waals surface area contributed by atoms with E-state index in [0.29, 0.717) is 6.54 Å². The Morgan fingerprint density at radius 3 is 2.35 bits per heavy atom. The van der Waals surface area contributed by atoms with Gasteiger partial charge < -0.3 is 10.0 Å². The number of aliphatic hydroxyl groups excluding tert-OH is 1. The summed E-state index contributed by atoms with van der Waals surface area (Å²) < 4.78 is 0. The van der Waals surface area contributed by atoms with Gasteiger partial charge in [0.25, 0.3) is 0 Å². The number of hydrogen-bond acceptors (Lipinski definition) is 3. The fourth-order valence-electron chi connectivity index (χ4n) is 3.40. The van der Waals surface area contributed by atoms with Crippen molar-refractivity contribution in [3.05, 3.63) is 30.3 Å². The lowest BCUT2D eigenvalue weighted by Gasteiger charge is -2.40. The van der Waals surface area contributed by atoms with Crippen molar-refractivity contribution in [3.63, 3.8) is 0 Å². The molecule has 0 spiro atoms. The smallest absolute Gasteiger partial charge is 0.241 e. The van der Waals surface area contributed by atoms with Crippen molar-refractivity contribution < 1.29 is 9.90 Å². The van der Waals surface area contributed by atoms with E-state index < -0.39 is 0 Å². The van der Waals surface area contributed by atoms with E-state index in [1.54, 1.807) is 0 Å². The number of likely N-dealkylation sites (tertiary alicyclic amines) is 1. The van der Waals surface area contributed by atoms with E-state index in [9.17, 15) is 9.90 Å². The predicted molar refractivity (Wildman–Crippen MR) is 94.5 cm³/mol. The highest BCUT2D eigenvalue weighted by Gasteiger charge is 2.33. The third-order valence-corrected chi connectivity index (χ3v) is 5.18. The van der Waals surface area contributed by atoms with E-state index in [-0.39, 0.29) is 24.0 Å². The second-order valence-corrected chi connectivity index (χ2v) is 6.98. The number of hydrogen-bond donors (Lipinski definition) is 1. The van der Waals surface area contributed by atoms with Gasteiger partial charge in [0.1, 0.15) is 0 Å². The molecule has 1 aliphatic rings. The molecule has 4 nitrogen and oxygen atoms in total. The Labute approximate surface area is 140 Å². The molecule has 2 rings (SSSR count). The van der Waals surface area contributed by atoms with Crippen molar-refractivity contribution in [1.29, 1.82) is 0 Å². The third-order valence-electron chi connectivity index (χ3n) is 5.18. The Kier molecular flexibility index (Phi) is 6.19. The molecule has 0 radical (unpaired) electrons. The second kappa shape index (κ2) is 7.93. The molecule has 1 aromatic rings. The Bertz CT molecular complexity index is 487. The van der Waals surface area contributed by atoms with E-state index in [0.717, 1.165) is 38.0 Å². The lowest BCUT2D eigenvalue weighted by Crippen LogP contribution is -2.48. The largest absolute Gasteiger partial charge is 0.396 e. The molecule has 1 fully saturated rings.